The van der Waals surface area contributed by atoms with Gasteiger partial charge in [-0.15, -0.1) is 0 Å². The molecular weight excluding hydrogens is 400 g/mol. The quantitative estimate of drug-likeness (QED) is 0.536. The van der Waals surface area contributed by atoms with E-state index in [1.165, 1.54) is 20.8 Å². The van der Waals surface area contributed by atoms with Gasteiger partial charge in [0.2, 0.25) is 0 Å². The summed E-state index contributed by atoms with van der Waals surface area (Å²) in [6.45, 7) is 6.15. The molecule has 0 spiro atoms. The first kappa shape index (κ1) is 21.5. The Morgan fingerprint density at radius 2 is 1.74 bits per heavy atom. The molecule has 166 valence electrons. The van der Waals surface area contributed by atoms with Crippen molar-refractivity contribution < 1.29 is 33.4 Å². The van der Waals surface area contributed by atoms with Gasteiger partial charge in [0.05, 0.1) is 0 Å². The third-order valence-electron chi connectivity index (χ3n) is 7.37. The standard InChI is InChI=1S/C24H28O7/c1-12(25)29-15-5-6-16-17-7-8-24(4)20(18(17)10-21(28)19(16)9-15)11-22(30-13(2)26)23(24)31-14(3)27/h5-6,9,17-18,20,22-23H,7-8,10-11H2,1-4H3/t17-,18-,20-,22-,23+,24-/m1/s1. The molecule has 0 unspecified atom stereocenters. The molecule has 0 amide bonds. The first-order chi connectivity index (χ1) is 14.6. The van der Waals surface area contributed by atoms with Crippen LogP contribution in [-0.2, 0) is 23.9 Å². The summed E-state index contributed by atoms with van der Waals surface area (Å²) in [4.78, 5) is 47.9. The molecule has 7 nitrogen and oxygen atoms in total. The molecule has 2 fully saturated rings. The van der Waals surface area contributed by atoms with Gasteiger partial charge in [0.15, 0.2) is 5.78 Å². The zero-order valence-electron chi connectivity index (χ0n) is 18.3. The van der Waals surface area contributed by atoms with Gasteiger partial charge in [0.1, 0.15) is 18.0 Å². The largest absolute Gasteiger partial charge is 0.459 e. The lowest BCUT2D eigenvalue weighted by molar-refractivity contribution is -0.171. The molecule has 6 atom stereocenters. The zero-order chi connectivity index (χ0) is 22.5. The van der Waals surface area contributed by atoms with Crippen LogP contribution in [0.15, 0.2) is 18.2 Å². The van der Waals surface area contributed by atoms with Crippen LogP contribution in [-0.4, -0.2) is 35.9 Å². The Hall–Kier alpha value is -2.70. The van der Waals surface area contributed by atoms with Crippen LogP contribution in [0.25, 0.3) is 0 Å². The van der Waals surface area contributed by atoms with Crippen LogP contribution < -0.4 is 4.74 Å². The number of hydrogen-bond donors (Lipinski definition) is 0. The molecule has 3 aliphatic rings. The Bertz CT molecular complexity index is 951. The second-order valence-corrected chi connectivity index (χ2v) is 9.30. The summed E-state index contributed by atoms with van der Waals surface area (Å²) in [5.74, 6) is -0.459. The van der Waals surface area contributed by atoms with Gasteiger partial charge < -0.3 is 14.2 Å². The third kappa shape index (κ3) is 3.75. The monoisotopic (exact) mass is 428 g/mol. The van der Waals surface area contributed by atoms with E-state index < -0.39 is 30.1 Å². The number of rotatable bonds is 3. The molecular formula is C24H28O7. The highest BCUT2D eigenvalue weighted by Gasteiger charge is 2.61. The lowest BCUT2D eigenvalue weighted by atomic mass is 9.55. The van der Waals surface area contributed by atoms with Crippen molar-refractivity contribution >= 4 is 23.7 Å². The summed E-state index contributed by atoms with van der Waals surface area (Å²) >= 11 is 0. The van der Waals surface area contributed by atoms with E-state index in [0.29, 0.717) is 24.2 Å². The first-order valence-corrected chi connectivity index (χ1v) is 10.8. The number of carbonyl (C=O) groups excluding carboxylic acids is 4. The Morgan fingerprint density at radius 3 is 2.39 bits per heavy atom. The van der Waals surface area contributed by atoms with E-state index in [9.17, 15) is 19.2 Å². The predicted molar refractivity (Wildman–Crippen MR) is 109 cm³/mol. The number of fused-ring (bicyclic) bond motifs is 5. The van der Waals surface area contributed by atoms with Gasteiger partial charge >= 0.3 is 17.9 Å². The Kier molecular flexibility index (Phi) is 5.40. The van der Waals surface area contributed by atoms with Crippen molar-refractivity contribution in [1.82, 2.24) is 0 Å². The summed E-state index contributed by atoms with van der Waals surface area (Å²) < 4.78 is 16.4. The molecule has 1 aromatic rings. The molecule has 4 rings (SSSR count). The molecule has 0 radical (unpaired) electrons. The number of ether oxygens (including phenoxy) is 3. The van der Waals surface area contributed by atoms with Crippen LogP contribution in [0.3, 0.4) is 0 Å². The van der Waals surface area contributed by atoms with Crippen molar-refractivity contribution in [1.29, 1.82) is 0 Å². The van der Waals surface area contributed by atoms with Gasteiger partial charge in [-0.2, -0.15) is 0 Å². The Labute approximate surface area is 181 Å². The van der Waals surface area contributed by atoms with E-state index in [1.807, 2.05) is 6.07 Å². The normalized spacial score (nSPS) is 33.5. The Balaban J connectivity index is 1.67. The number of hydrogen-bond acceptors (Lipinski definition) is 7. The molecule has 31 heavy (non-hydrogen) atoms. The van der Waals surface area contributed by atoms with Crippen molar-refractivity contribution in [2.24, 2.45) is 17.3 Å². The predicted octanol–water partition coefficient (Wildman–Crippen LogP) is 3.58. The maximum absolute atomic E-state index is 13.1. The van der Waals surface area contributed by atoms with E-state index in [2.05, 4.69) is 6.92 Å². The first-order valence-electron chi connectivity index (χ1n) is 10.8. The van der Waals surface area contributed by atoms with Crippen LogP contribution in [0.5, 0.6) is 5.75 Å². The third-order valence-corrected chi connectivity index (χ3v) is 7.37. The van der Waals surface area contributed by atoms with Crippen molar-refractivity contribution in [2.45, 2.75) is 71.5 Å². The fraction of sp³-hybridized carbons (Fsp3) is 0.583. The number of Topliss-reactive ketones (excluding diaryl/α,β-unsaturated/α-hetero) is 1. The van der Waals surface area contributed by atoms with Gasteiger partial charge in [-0.25, -0.2) is 0 Å². The van der Waals surface area contributed by atoms with Crippen molar-refractivity contribution in [3.63, 3.8) is 0 Å². The molecule has 1 aromatic carbocycles. The Morgan fingerprint density at radius 1 is 1.03 bits per heavy atom. The molecule has 0 bridgehead atoms. The lowest BCUT2D eigenvalue weighted by Crippen LogP contribution is -2.47. The molecule has 0 aliphatic heterocycles. The number of ketones is 1. The van der Waals surface area contributed by atoms with Crippen LogP contribution >= 0.6 is 0 Å². The molecule has 0 aromatic heterocycles. The average molecular weight is 428 g/mol. The minimum atomic E-state index is -0.511. The van der Waals surface area contributed by atoms with Gasteiger partial charge in [-0.05, 0) is 54.7 Å². The maximum atomic E-state index is 13.1. The molecule has 0 saturated heterocycles. The van der Waals surface area contributed by atoms with Crippen LogP contribution in [0.4, 0.5) is 0 Å². The molecule has 3 aliphatic carbocycles. The van der Waals surface area contributed by atoms with E-state index >= 15 is 0 Å². The number of esters is 3. The molecule has 0 heterocycles. The zero-order valence-corrected chi connectivity index (χ0v) is 18.3. The van der Waals surface area contributed by atoms with Gasteiger partial charge in [-0.3, -0.25) is 19.2 Å². The average Bonchev–Trinajstić information content (AvgIpc) is 2.93. The fourth-order valence-electron chi connectivity index (χ4n) is 6.27. The van der Waals surface area contributed by atoms with Crippen molar-refractivity contribution in [3.8, 4) is 5.75 Å². The van der Waals surface area contributed by atoms with Crippen molar-refractivity contribution in [2.75, 3.05) is 0 Å². The molecule has 7 heteroatoms. The number of carbonyl (C=O) groups is 4. The number of benzene rings is 1. The smallest absolute Gasteiger partial charge is 0.308 e. The fourth-order valence-corrected chi connectivity index (χ4v) is 6.27. The minimum Gasteiger partial charge on any atom is -0.459 e. The summed E-state index contributed by atoms with van der Waals surface area (Å²) in [5, 5.41) is 0. The van der Waals surface area contributed by atoms with Gasteiger partial charge in [-0.1, -0.05) is 13.0 Å². The highest BCUT2D eigenvalue weighted by Crippen LogP contribution is 2.62. The maximum Gasteiger partial charge on any atom is 0.308 e. The summed E-state index contributed by atoms with van der Waals surface area (Å²) in [5.41, 5.74) is 1.25. The second-order valence-electron chi connectivity index (χ2n) is 9.30. The van der Waals surface area contributed by atoms with E-state index in [4.69, 9.17) is 14.2 Å². The lowest BCUT2D eigenvalue weighted by Gasteiger charge is -2.49. The van der Waals surface area contributed by atoms with Crippen LogP contribution in [0.2, 0.25) is 0 Å². The topological polar surface area (TPSA) is 96.0 Å². The van der Waals surface area contributed by atoms with Gasteiger partial charge in [0, 0.05) is 38.2 Å². The van der Waals surface area contributed by atoms with Crippen LogP contribution in [0.1, 0.15) is 75.2 Å². The second kappa shape index (κ2) is 7.77. The molecule has 2 saturated carbocycles. The minimum absolute atomic E-state index is 0.0227. The molecule has 0 N–H and O–H groups in total. The van der Waals surface area contributed by atoms with E-state index in [-0.39, 0.29) is 29.0 Å². The van der Waals surface area contributed by atoms with E-state index in [0.717, 1.165) is 18.4 Å². The van der Waals surface area contributed by atoms with E-state index in [1.54, 1.807) is 12.1 Å². The highest BCUT2D eigenvalue weighted by atomic mass is 16.6. The summed E-state index contributed by atoms with van der Waals surface area (Å²) in [7, 11) is 0. The SMILES string of the molecule is CC(=O)Oc1ccc2c(c1)C(=O)C[C@@H]1[C@@H]2CC[C@]2(C)[C@@H]1C[C@@H](OC(C)=O)[C@@H]2OC(C)=O. The van der Waals surface area contributed by atoms with Crippen molar-refractivity contribution in [3.05, 3.63) is 29.3 Å². The highest BCUT2D eigenvalue weighted by molar-refractivity contribution is 5.99. The van der Waals surface area contributed by atoms with Crippen LogP contribution in [0, 0.1) is 17.3 Å². The van der Waals surface area contributed by atoms with Gasteiger partial charge in [0.25, 0.3) is 0 Å². The summed E-state index contributed by atoms with van der Waals surface area (Å²) in [6.07, 6.45) is 1.58. The summed E-state index contributed by atoms with van der Waals surface area (Å²) in [6, 6.07) is 5.30.